The molecule has 5 heteroatoms. The van der Waals surface area contributed by atoms with Crippen LogP contribution >= 0.6 is 0 Å². The predicted octanol–water partition coefficient (Wildman–Crippen LogP) is 2.51. The van der Waals surface area contributed by atoms with Crippen LogP contribution in [0.25, 0.3) is 0 Å². The van der Waals surface area contributed by atoms with Crippen LogP contribution in [0.5, 0.6) is 0 Å². The summed E-state index contributed by atoms with van der Waals surface area (Å²) >= 11 is 0. The fraction of sp³-hybridized carbons (Fsp3) is 0.500. The van der Waals surface area contributed by atoms with Gasteiger partial charge in [0.05, 0.1) is 6.54 Å². The predicted molar refractivity (Wildman–Crippen MR) is 94.8 cm³/mol. The van der Waals surface area contributed by atoms with Gasteiger partial charge < -0.3 is 9.32 Å². The molecule has 0 N–H and O–H groups in total. The van der Waals surface area contributed by atoms with Crippen LogP contribution in [-0.4, -0.2) is 46.9 Å². The van der Waals surface area contributed by atoms with Crippen molar-refractivity contribution in [3.05, 3.63) is 53.7 Å². The van der Waals surface area contributed by atoms with Gasteiger partial charge >= 0.3 is 0 Å². The summed E-state index contributed by atoms with van der Waals surface area (Å²) in [5, 5.41) is 0. The first-order valence-corrected chi connectivity index (χ1v) is 9.12. The van der Waals surface area contributed by atoms with Crippen molar-refractivity contribution < 1.29 is 9.21 Å². The molecule has 2 atom stereocenters. The van der Waals surface area contributed by atoms with E-state index in [9.17, 15) is 4.79 Å². The lowest BCUT2D eigenvalue weighted by atomic mass is 10.0. The van der Waals surface area contributed by atoms with Crippen molar-refractivity contribution in [2.75, 3.05) is 26.2 Å². The molecular weight excluding hydrogens is 314 g/mol. The summed E-state index contributed by atoms with van der Waals surface area (Å²) in [5.41, 5.74) is 1.13. The number of amides is 1. The first kappa shape index (κ1) is 16.3. The van der Waals surface area contributed by atoms with Crippen LogP contribution in [0, 0.1) is 18.8 Å². The van der Waals surface area contributed by atoms with Crippen LogP contribution in [-0.2, 0) is 17.8 Å². The third-order valence-electron chi connectivity index (χ3n) is 5.44. The Morgan fingerprint density at radius 3 is 2.64 bits per heavy atom. The van der Waals surface area contributed by atoms with E-state index in [0.29, 0.717) is 18.3 Å². The molecule has 0 aromatic carbocycles. The first-order valence-electron chi connectivity index (χ1n) is 9.12. The van der Waals surface area contributed by atoms with Crippen LogP contribution in [0.3, 0.4) is 0 Å². The summed E-state index contributed by atoms with van der Waals surface area (Å²) in [6.45, 7) is 6.81. The van der Waals surface area contributed by atoms with E-state index in [-0.39, 0.29) is 5.91 Å². The maximum Gasteiger partial charge on any atom is 0.222 e. The lowest BCUT2D eigenvalue weighted by molar-refractivity contribution is -0.130. The highest BCUT2D eigenvalue weighted by Crippen LogP contribution is 2.32. The number of carbonyl (C=O) groups is 1. The van der Waals surface area contributed by atoms with E-state index in [1.165, 1.54) is 0 Å². The van der Waals surface area contributed by atoms with Crippen LogP contribution in [0.4, 0.5) is 0 Å². The van der Waals surface area contributed by atoms with Gasteiger partial charge in [-0.15, -0.1) is 0 Å². The molecular formula is C20H25N3O2. The second-order valence-electron chi connectivity index (χ2n) is 7.39. The Hall–Kier alpha value is -2.14. The Kier molecular flexibility index (Phi) is 4.57. The summed E-state index contributed by atoms with van der Waals surface area (Å²) in [6.07, 6.45) is 4.98. The van der Waals surface area contributed by atoms with E-state index in [1.54, 1.807) is 6.20 Å². The lowest BCUT2D eigenvalue weighted by Crippen LogP contribution is -2.33. The topological polar surface area (TPSA) is 49.6 Å². The molecule has 4 rings (SSSR count). The van der Waals surface area contributed by atoms with Crippen molar-refractivity contribution in [2.45, 2.75) is 26.3 Å². The minimum Gasteiger partial charge on any atom is -0.465 e. The minimum atomic E-state index is 0.284. The van der Waals surface area contributed by atoms with Crippen LogP contribution in [0.2, 0.25) is 0 Å². The van der Waals surface area contributed by atoms with Gasteiger partial charge in [0.1, 0.15) is 11.5 Å². The quantitative estimate of drug-likeness (QED) is 0.840. The van der Waals surface area contributed by atoms with Crippen molar-refractivity contribution in [3.8, 4) is 0 Å². The Morgan fingerprint density at radius 1 is 1.20 bits per heavy atom. The van der Waals surface area contributed by atoms with E-state index >= 15 is 0 Å². The van der Waals surface area contributed by atoms with Gasteiger partial charge in [-0.05, 0) is 48.9 Å². The number of rotatable bonds is 5. The Bertz CT molecular complexity index is 714. The average molecular weight is 339 g/mol. The second-order valence-corrected chi connectivity index (χ2v) is 7.39. The van der Waals surface area contributed by atoms with E-state index in [2.05, 4.69) is 20.9 Å². The zero-order chi connectivity index (χ0) is 17.2. The minimum absolute atomic E-state index is 0.284. The number of aryl methyl sites for hydroxylation is 2. The Labute approximate surface area is 148 Å². The number of aromatic nitrogens is 1. The summed E-state index contributed by atoms with van der Waals surface area (Å²) in [5.74, 6) is 3.52. The number of furan rings is 1. The molecule has 0 bridgehead atoms. The molecule has 4 heterocycles. The van der Waals surface area contributed by atoms with Crippen molar-refractivity contribution in [3.63, 3.8) is 0 Å². The standard InChI is InChI=1S/C20H25N3O2/c1-15-4-6-19(25-15)14-22-10-17-12-23(13-18(17)11-22)20(24)7-5-16-3-2-8-21-9-16/h2-4,6,8-9,17-18H,5,7,10-14H2,1H3. The zero-order valence-corrected chi connectivity index (χ0v) is 14.7. The molecule has 0 spiro atoms. The van der Waals surface area contributed by atoms with E-state index < -0.39 is 0 Å². The summed E-state index contributed by atoms with van der Waals surface area (Å²) in [6, 6.07) is 8.05. The normalized spacial score (nSPS) is 23.2. The smallest absolute Gasteiger partial charge is 0.222 e. The van der Waals surface area contributed by atoms with Gasteiger partial charge in [-0.1, -0.05) is 6.07 Å². The number of pyridine rings is 1. The maximum atomic E-state index is 12.5. The lowest BCUT2D eigenvalue weighted by Gasteiger charge is -2.21. The molecule has 0 aliphatic carbocycles. The molecule has 2 fully saturated rings. The average Bonchev–Trinajstić information content (AvgIpc) is 3.29. The molecule has 2 aliphatic heterocycles. The fourth-order valence-electron chi connectivity index (χ4n) is 4.17. The molecule has 0 saturated carbocycles. The highest BCUT2D eigenvalue weighted by atomic mass is 16.3. The molecule has 2 aromatic rings. The van der Waals surface area contributed by atoms with Crippen molar-refractivity contribution in [1.29, 1.82) is 0 Å². The van der Waals surface area contributed by atoms with Gasteiger partial charge in [-0.3, -0.25) is 14.7 Å². The van der Waals surface area contributed by atoms with Crippen LogP contribution < -0.4 is 0 Å². The van der Waals surface area contributed by atoms with Crippen LogP contribution in [0.1, 0.15) is 23.5 Å². The van der Waals surface area contributed by atoms with Gasteiger partial charge in [0.2, 0.25) is 5.91 Å². The summed E-state index contributed by atoms with van der Waals surface area (Å²) < 4.78 is 5.69. The number of nitrogens with zero attached hydrogens (tertiary/aromatic N) is 3. The number of likely N-dealkylation sites (tertiary alicyclic amines) is 2. The molecule has 2 aliphatic rings. The SMILES string of the molecule is Cc1ccc(CN2CC3CN(C(=O)CCc4cccnc4)CC3C2)o1. The van der Waals surface area contributed by atoms with Gasteiger partial charge in [0, 0.05) is 45.0 Å². The van der Waals surface area contributed by atoms with E-state index in [4.69, 9.17) is 4.42 Å². The van der Waals surface area contributed by atoms with Crippen molar-refractivity contribution in [2.24, 2.45) is 11.8 Å². The Morgan fingerprint density at radius 2 is 2.00 bits per heavy atom. The molecule has 2 saturated heterocycles. The number of fused-ring (bicyclic) bond motifs is 1. The molecule has 5 nitrogen and oxygen atoms in total. The maximum absolute atomic E-state index is 12.5. The van der Waals surface area contributed by atoms with Crippen molar-refractivity contribution in [1.82, 2.24) is 14.8 Å². The van der Waals surface area contributed by atoms with Gasteiger partial charge in [-0.2, -0.15) is 0 Å². The van der Waals surface area contributed by atoms with E-state index in [1.807, 2.05) is 31.3 Å². The van der Waals surface area contributed by atoms with E-state index in [0.717, 1.165) is 56.2 Å². The highest BCUT2D eigenvalue weighted by Gasteiger charge is 2.41. The molecule has 2 aromatic heterocycles. The van der Waals surface area contributed by atoms with Gasteiger partial charge in [0.25, 0.3) is 0 Å². The molecule has 25 heavy (non-hydrogen) atoms. The molecule has 2 unspecified atom stereocenters. The van der Waals surface area contributed by atoms with Crippen molar-refractivity contribution >= 4 is 5.91 Å². The molecule has 0 radical (unpaired) electrons. The second kappa shape index (κ2) is 7.00. The Balaban J connectivity index is 1.25. The third kappa shape index (κ3) is 3.76. The molecule has 1 amide bonds. The number of hydrogen-bond acceptors (Lipinski definition) is 4. The zero-order valence-electron chi connectivity index (χ0n) is 14.7. The fourth-order valence-corrected chi connectivity index (χ4v) is 4.17. The van der Waals surface area contributed by atoms with Gasteiger partial charge in [-0.25, -0.2) is 0 Å². The molecule has 132 valence electrons. The summed E-state index contributed by atoms with van der Waals surface area (Å²) in [7, 11) is 0. The number of hydrogen-bond donors (Lipinski definition) is 0. The number of carbonyl (C=O) groups excluding carboxylic acids is 1. The van der Waals surface area contributed by atoms with Gasteiger partial charge in [0.15, 0.2) is 0 Å². The highest BCUT2D eigenvalue weighted by molar-refractivity contribution is 5.76. The summed E-state index contributed by atoms with van der Waals surface area (Å²) in [4.78, 5) is 21.1. The largest absolute Gasteiger partial charge is 0.465 e. The van der Waals surface area contributed by atoms with Crippen LogP contribution in [0.15, 0.2) is 41.1 Å². The third-order valence-corrected chi connectivity index (χ3v) is 5.44. The monoisotopic (exact) mass is 339 g/mol. The first-order chi connectivity index (χ1) is 12.2.